The maximum atomic E-state index is 3.27. The van der Waals surface area contributed by atoms with Crippen LogP contribution in [0.2, 0.25) is 0 Å². The summed E-state index contributed by atoms with van der Waals surface area (Å²) in [4.78, 5) is 0. The minimum Gasteiger partial charge on any atom is -0.316 e. The van der Waals surface area contributed by atoms with Gasteiger partial charge >= 0.3 is 0 Å². The molecule has 0 fully saturated rings. The normalized spacial score (nSPS) is 19.4. The maximum Gasteiger partial charge on any atom is 0.0162 e. The summed E-state index contributed by atoms with van der Waals surface area (Å²) < 4.78 is 0. The Labute approximate surface area is 56.3 Å². The van der Waals surface area contributed by atoms with Crippen molar-refractivity contribution in [3.05, 3.63) is 11.6 Å². The van der Waals surface area contributed by atoms with Crippen LogP contribution in [-0.2, 0) is 0 Å². The minimum atomic E-state index is 1.05. The van der Waals surface area contributed by atoms with Crippen molar-refractivity contribution < 1.29 is 0 Å². The van der Waals surface area contributed by atoms with Crippen molar-refractivity contribution in [2.75, 3.05) is 26.7 Å². The number of hydrogen-bond donors (Lipinski definition) is 2. The third-order valence-corrected chi connectivity index (χ3v) is 1.56. The van der Waals surface area contributed by atoms with Gasteiger partial charge in [-0.25, -0.2) is 0 Å². The fourth-order valence-corrected chi connectivity index (χ4v) is 1.06. The van der Waals surface area contributed by atoms with Gasteiger partial charge in [0.05, 0.1) is 0 Å². The Morgan fingerprint density at radius 1 is 1.78 bits per heavy atom. The van der Waals surface area contributed by atoms with Crippen molar-refractivity contribution in [3.63, 3.8) is 0 Å². The summed E-state index contributed by atoms with van der Waals surface area (Å²) in [6, 6.07) is 0. The van der Waals surface area contributed by atoms with Gasteiger partial charge < -0.3 is 10.6 Å². The second-order valence-corrected chi connectivity index (χ2v) is 2.35. The smallest absolute Gasteiger partial charge is 0.0162 e. The molecule has 0 aromatic heterocycles. The average molecular weight is 126 g/mol. The molecule has 0 amide bonds. The SMILES string of the molecule is CNCC1=CCNCC1. The van der Waals surface area contributed by atoms with Crippen LogP contribution >= 0.6 is 0 Å². The Morgan fingerprint density at radius 3 is 3.22 bits per heavy atom. The van der Waals surface area contributed by atoms with Gasteiger partial charge in [0.25, 0.3) is 0 Å². The third-order valence-electron chi connectivity index (χ3n) is 1.56. The Bertz CT molecular complexity index is 107. The van der Waals surface area contributed by atoms with E-state index in [4.69, 9.17) is 0 Å². The zero-order valence-electron chi connectivity index (χ0n) is 5.91. The summed E-state index contributed by atoms with van der Waals surface area (Å²) in [6.07, 6.45) is 3.47. The van der Waals surface area contributed by atoms with Crippen LogP contribution in [-0.4, -0.2) is 26.7 Å². The summed E-state index contributed by atoms with van der Waals surface area (Å²) in [5.74, 6) is 0. The van der Waals surface area contributed by atoms with Gasteiger partial charge in [0.2, 0.25) is 0 Å². The lowest BCUT2D eigenvalue weighted by Crippen LogP contribution is -2.24. The van der Waals surface area contributed by atoms with E-state index in [-0.39, 0.29) is 0 Å². The second-order valence-electron chi connectivity index (χ2n) is 2.35. The highest BCUT2D eigenvalue weighted by Crippen LogP contribution is 2.00. The van der Waals surface area contributed by atoms with Crippen molar-refractivity contribution >= 4 is 0 Å². The highest BCUT2D eigenvalue weighted by atomic mass is 14.9. The zero-order chi connectivity index (χ0) is 6.53. The molecule has 1 aliphatic heterocycles. The summed E-state index contributed by atoms with van der Waals surface area (Å²) in [7, 11) is 1.99. The van der Waals surface area contributed by atoms with Crippen molar-refractivity contribution in [1.82, 2.24) is 10.6 Å². The van der Waals surface area contributed by atoms with E-state index in [1.807, 2.05) is 7.05 Å². The molecule has 0 bridgehead atoms. The molecule has 0 saturated heterocycles. The molecule has 1 rings (SSSR count). The molecule has 0 aromatic rings. The topological polar surface area (TPSA) is 24.1 Å². The molecule has 0 spiro atoms. The average Bonchev–Trinajstić information content (AvgIpc) is 1.91. The first-order chi connectivity index (χ1) is 4.43. The molecule has 2 heteroatoms. The first-order valence-corrected chi connectivity index (χ1v) is 3.46. The molecule has 52 valence electrons. The molecule has 0 radical (unpaired) electrons. The molecule has 0 aromatic carbocycles. The molecule has 2 nitrogen and oxygen atoms in total. The molecule has 0 atom stereocenters. The highest BCUT2D eigenvalue weighted by molar-refractivity contribution is 5.08. The van der Waals surface area contributed by atoms with Crippen LogP contribution in [0.1, 0.15) is 6.42 Å². The number of hydrogen-bond acceptors (Lipinski definition) is 2. The molecule has 0 saturated carbocycles. The Morgan fingerprint density at radius 2 is 2.67 bits per heavy atom. The standard InChI is InChI=1S/C7H14N2/c1-8-6-7-2-4-9-5-3-7/h2,8-9H,3-6H2,1H3. The molecule has 1 aliphatic rings. The lowest BCUT2D eigenvalue weighted by atomic mass is 10.1. The van der Waals surface area contributed by atoms with Crippen LogP contribution in [0.25, 0.3) is 0 Å². The molecule has 0 aliphatic carbocycles. The molecule has 1 heterocycles. The van der Waals surface area contributed by atoms with E-state index in [0.717, 1.165) is 19.6 Å². The van der Waals surface area contributed by atoms with Gasteiger partial charge in [-0.15, -0.1) is 0 Å². The zero-order valence-corrected chi connectivity index (χ0v) is 5.91. The number of nitrogens with one attached hydrogen (secondary N) is 2. The first-order valence-electron chi connectivity index (χ1n) is 3.46. The van der Waals surface area contributed by atoms with E-state index in [0.29, 0.717) is 0 Å². The fourth-order valence-electron chi connectivity index (χ4n) is 1.06. The predicted molar refractivity (Wildman–Crippen MR) is 39.5 cm³/mol. The fraction of sp³-hybridized carbons (Fsp3) is 0.714. The summed E-state index contributed by atoms with van der Waals surface area (Å²) in [5.41, 5.74) is 1.54. The second kappa shape index (κ2) is 3.64. The van der Waals surface area contributed by atoms with Crippen LogP contribution in [0.3, 0.4) is 0 Å². The molecule has 2 N–H and O–H groups in total. The minimum absolute atomic E-state index is 1.05. The molecule has 0 unspecified atom stereocenters. The van der Waals surface area contributed by atoms with Gasteiger partial charge in [0.1, 0.15) is 0 Å². The first kappa shape index (κ1) is 6.78. The quantitative estimate of drug-likeness (QED) is 0.514. The summed E-state index contributed by atoms with van der Waals surface area (Å²) >= 11 is 0. The van der Waals surface area contributed by atoms with Gasteiger partial charge in [-0.05, 0) is 20.0 Å². The van der Waals surface area contributed by atoms with Crippen molar-refractivity contribution in [2.45, 2.75) is 6.42 Å². The number of rotatable bonds is 2. The van der Waals surface area contributed by atoms with Gasteiger partial charge in [0.15, 0.2) is 0 Å². The van der Waals surface area contributed by atoms with Gasteiger partial charge in [-0.2, -0.15) is 0 Å². The molecular formula is C7H14N2. The summed E-state index contributed by atoms with van der Waals surface area (Å²) in [6.45, 7) is 3.26. The van der Waals surface area contributed by atoms with Crippen LogP contribution in [0.15, 0.2) is 11.6 Å². The van der Waals surface area contributed by atoms with Crippen LogP contribution in [0.4, 0.5) is 0 Å². The lowest BCUT2D eigenvalue weighted by molar-refractivity contribution is 0.678. The Hall–Kier alpha value is -0.340. The van der Waals surface area contributed by atoms with Gasteiger partial charge in [-0.3, -0.25) is 0 Å². The van der Waals surface area contributed by atoms with E-state index in [9.17, 15) is 0 Å². The van der Waals surface area contributed by atoms with Crippen LogP contribution in [0, 0.1) is 0 Å². The van der Waals surface area contributed by atoms with Crippen molar-refractivity contribution in [1.29, 1.82) is 0 Å². The van der Waals surface area contributed by atoms with Gasteiger partial charge in [-0.1, -0.05) is 11.6 Å². The molecule has 9 heavy (non-hydrogen) atoms. The van der Waals surface area contributed by atoms with Crippen molar-refractivity contribution in [3.8, 4) is 0 Å². The van der Waals surface area contributed by atoms with Gasteiger partial charge in [0, 0.05) is 13.1 Å². The largest absolute Gasteiger partial charge is 0.316 e. The number of likely N-dealkylation sites (N-methyl/N-ethyl adjacent to an activating group) is 1. The lowest BCUT2D eigenvalue weighted by Gasteiger charge is -2.12. The van der Waals surface area contributed by atoms with Crippen LogP contribution in [0.5, 0.6) is 0 Å². The van der Waals surface area contributed by atoms with E-state index < -0.39 is 0 Å². The van der Waals surface area contributed by atoms with Crippen LogP contribution < -0.4 is 10.6 Å². The highest BCUT2D eigenvalue weighted by Gasteiger charge is 1.99. The maximum absolute atomic E-state index is 3.27. The molecular weight excluding hydrogens is 112 g/mol. The van der Waals surface area contributed by atoms with E-state index in [1.165, 1.54) is 12.0 Å². The van der Waals surface area contributed by atoms with Crippen molar-refractivity contribution in [2.24, 2.45) is 0 Å². The third kappa shape index (κ3) is 2.16. The van der Waals surface area contributed by atoms with E-state index in [1.54, 1.807) is 0 Å². The monoisotopic (exact) mass is 126 g/mol. The van der Waals surface area contributed by atoms with E-state index in [2.05, 4.69) is 16.7 Å². The van der Waals surface area contributed by atoms with E-state index >= 15 is 0 Å². The predicted octanol–water partition coefficient (Wildman–Crippen LogP) is 0.125. The Balaban J connectivity index is 2.28. The Kier molecular flexibility index (Phi) is 2.74. The summed E-state index contributed by atoms with van der Waals surface area (Å²) in [5, 5.41) is 6.41.